The number of aromatic nitrogens is 2. The van der Waals surface area contributed by atoms with Gasteiger partial charge in [0.2, 0.25) is 11.8 Å². The highest BCUT2D eigenvalue weighted by atomic mass is 35.5. The average molecular weight is 546 g/mol. The second-order valence-electron chi connectivity index (χ2n) is 9.98. The molecule has 0 N–H and O–H groups in total. The van der Waals surface area contributed by atoms with Crippen LogP contribution in [0, 0.1) is 29.4 Å². The molecule has 8 nitrogen and oxygen atoms in total. The third-order valence-corrected chi connectivity index (χ3v) is 6.71. The molecule has 0 spiro atoms. The van der Waals surface area contributed by atoms with Crippen molar-refractivity contribution in [2.45, 2.75) is 34.1 Å². The zero-order valence-corrected chi connectivity index (χ0v) is 23.1. The Morgan fingerprint density at radius 1 is 1.00 bits per heavy atom. The van der Waals surface area contributed by atoms with Gasteiger partial charge in [0.05, 0.1) is 23.0 Å². The molecule has 0 radical (unpaired) electrons. The molecule has 4 rings (SSSR count). The maximum atomic E-state index is 12.1. The van der Waals surface area contributed by atoms with Gasteiger partial charge >= 0.3 is 5.97 Å². The van der Waals surface area contributed by atoms with Crippen molar-refractivity contribution in [3.63, 3.8) is 0 Å². The molecular weight excluding hydrogens is 518 g/mol. The zero-order valence-electron chi connectivity index (χ0n) is 22.3. The predicted molar refractivity (Wildman–Crippen MR) is 151 cm³/mol. The zero-order chi connectivity index (χ0) is 28.3. The number of nitrogens with zero attached hydrogens (tertiary/aromatic N) is 3. The number of carbonyl (C=O) groups is 1. The van der Waals surface area contributed by atoms with E-state index in [1.54, 1.807) is 42.5 Å². The molecule has 0 saturated carbocycles. The van der Waals surface area contributed by atoms with Gasteiger partial charge < -0.3 is 9.15 Å². The van der Waals surface area contributed by atoms with Crippen LogP contribution in [-0.4, -0.2) is 28.2 Å². The largest absolute Gasteiger partial charge is 0.469 e. The number of nitro groups is 1. The minimum absolute atomic E-state index is 0.0817. The quantitative estimate of drug-likeness (QED) is 0.0975. The van der Waals surface area contributed by atoms with Crippen molar-refractivity contribution >= 4 is 35.4 Å². The second kappa shape index (κ2) is 11.2. The fourth-order valence-corrected chi connectivity index (χ4v) is 4.61. The van der Waals surface area contributed by atoms with Gasteiger partial charge in [0.1, 0.15) is 0 Å². The molecule has 0 unspecified atom stereocenters. The average Bonchev–Trinajstić information content (AvgIpc) is 3.38. The smallest absolute Gasteiger partial charge is 0.311 e. The van der Waals surface area contributed by atoms with E-state index < -0.39 is 10.3 Å². The lowest BCUT2D eigenvalue weighted by atomic mass is 9.84. The third-order valence-electron chi connectivity index (χ3n) is 6.46. The third kappa shape index (κ3) is 6.23. The molecule has 1 aromatic heterocycles. The molecule has 200 valence electrons. The Morgan fingerprint density at radius 2 is 1.59 bits per heavy atom. The molecule has 0 saturated heterocycles. The van der Waals surface area contributed by atoms with Crippen molar-refractivity contribution in [3.8, 4) is 22.9 Å². The van der Waals surface area contributed by atoms with E-state index >= 15 is 0 Å². The number of aryl methyl sites for hydroxylation is 2. The summed E-state index contributed by atoms with van der Waals surface area (Å²) >= 11 is 5.94. The van der Waals surface area contributed by atoms with E-state index in [1.165, 1.54) is 13.2 Å². The van der Waals surface area contributed by atoms with E-state index in [0.29, 0.717) is 28.1 Å². The minimum Gasteiger partial charge on any atom is -0.469 e. The van der Waals surface area contributed by atoms with E-state index in [1.807, 2.05) is 45.9 Å². The van der Waals surface area contributed by atoms with Crippen molar-refractivity contribution in [3.05, 3.63) is 97.6 Å². The monoisotopic (exact) mass is 545 g/mol. The Kier molecular flexibility index (Phi) is 7.97. The molecule has 0 aliphatic carbocycles. The summed E-state index contributed by atoms with van der Waals surface area (Å²) in [5.41, 5.74) is 4.82. The maximum Gasteiger partial charge on any atom is 0.311 e. The summed E-state index contributed by atoms with van der Waals surface area (Å²) in [7, 11) is 1.39. The highest BCUT2D eigenvalue weighted by Gasteiger charge is 2.29. The number of rotatable bonds is 8. The number of hydrogen-bond donors (Lipinski definition) is 0. The van der Waals surface area contributed by atoms with Gasteiger partial charge in [-0.25, -0.2) is 0 Å². The van der Waals surface area contributed by atoms with Crippen LogP contribution in [0.4, 0.5) is 5.69 Å². The van der Waals surface area contributed by atoms with Gasteiger partial charge in [-0.05, 0) is 98.8 Å². The van der Waals surface area contributed by atoms with Crippen LogP contribution in [0.15, 0.2) is 59.0 Å². The highest BCUT2D eigenvalue weighted by molar-refractivity contribution is 6.30. The Hall–Kier alpha value is -4.30. The summed E-state index contributed by atoms with van der Waals surface area (Å²) in [6.07, 6.45) is 4.13. The normalized spacial score (nSPS) is 11.6. The van der Waals surface area contributed by atoms with Gasteiger partial charge in [0.15, 0.2) is 0 Å². The first-order chi connectivity index (χ1) is 18.5. The first kappa shape index (κ1) is 27.7. The maximum absolute atomic E-state index is 12.1. The lowest BCUT2D eigenvalue weighted by Gasteiger charge is -2.22. The predicted octanol–water partition coefficient (Wildman–Crippen LogP) is 7.49. The number of carbonyl (C=O) groups excluding carboxylic acids is 1. The molecule has 9 heteroatoms. The summed E-state index contributed by atoms with van der Waals surface area (Å²) < 4.78 is 10.7. The summed E-state index contributed by atoms with van der Waals surface area (Å²) in [5.74, 6) is 0.202. The van der Waals surface area contributed by atoms with Crippen molar-refractivity contribution in [1.82, 2.24) is 10.2 Å². The molecule has 0 aliphatic rings. The highest BCUT2D eigenvalue weighted by Crippen LogP contribution is 2.31. The SMILES string of the molecule is COC(=O)C(C)(C)Cc1cc(C)c(C=Cc2ccc(-c3nnc(-c4ccc(Cl)cc4)o3)cc2[N+](=O)[O-])c(C)c1. The minimum atomic E-state index is -0.651. The lowest BCUT2D eigenvalue weighted by molar-refractivity contribution is -0.385. The Morgan fingerprint density at radius 3 is 2.18 bits per heavy atom. The van der Waals surface area contributed by atoms with Crippen LogP contribution in [0.2, 0.25) is 5.02 Å². The molecular formula is C30H28ClN3O5. The molecule has 39 heavy (non-hydrogen) atoms. The molecule has 0 amide bonds. The Balaban J connectivity index is 1.60. The summed E-state index contributed by atoms with van der Waals surface area (Å²) in [6.45, 7) is 7.67. The van der Waals surface area contributed by atoms with Crippen molar-refractivity contribution in [2.75, 3.05) is 7.11 Å². The second-order valence-corrected chi connectivity index (χ2v) is 10.4. The summed E-state index contributed by atoms with van der Waals surface area (Å²) in [6, 6.07) is 15.8. The Labute approximate surface area is 231 Å². The first-order valence-corrected chi connectivity index (χ1v) is 12.6. The number of esters is 1. The molecule has 3 aromatic carbocycles. The molecule has 0 bridgehead atoms. The van der Waals surface area contributed by atoms with Gasteiger partial charge in [-0.15, -0.1) is 10.2 Å². The standard InChI is InChI=1S/C30H28ClN3O5/c1-18-14-20(17-30(3,4)29(35)38-5)15-19(2)25(18)13-10-21-6-7-23(16-26(21)34(36)37)28-33-32-27(39-28)22-8-11-24(31)12-9-22/h6-16H,17H2,1-5H3. The van der Waals surface area contributed by atoms with Crippen LogP contribution in [0.25, 0.3) is 35.1 Å². The van der Waals surface area contributed by atoms with Gasteiger partial charge in [-0.2, -0.15) is 0 Å². The van der Waals surface area contributed by atoms with Crippen LogP contribution in [0.5, 0.6) is 0 Å². The van der Waals surface area contributed by atoms with E-state index in [2.05, 4.69) is 10.2 Å². The van der Waals surface area contributed by atoms with Crippen LogP contribution in [0.1, 0.15) is 41.7 Å². The number of methoxy groups -OCH3 is 1. The molecule has 0 aliphatic heterocycles. The van der Waals surface area contributed by atoms with Gasteiger partial charge in [0, 0.05) is 22.2 Å². The summed E-state index contributed by atoms with van der Waals surface area (Å²) in [5, 5.41) is 20.6. The van der Waals surface area contributed by atoms with E-state index in [4.69, 9.17) is 20.8 Å². The molecule has 1 heterocycles. The van der Waals surface area contributed by atoms with E-state index in [9.17, 15) is 14.9 Å². The molecule has 0 atom stereocenters. The first-order valence-electron chi connectivity index (χ1n) is 12.2. The number of hydrogen-bond acceptors (Lipinski definition) is 7. The summed E-state index contributed by atoms with van der Waals surface area (Å²) in [4.78, 5) is 23.6. The van der Waals surface area contributed by atoms with Crippen LogP contribution >= 0.6 is 11.6 Å². The number of benzene rings is 3. The van der Waals surface area contributed by atoms with Crippen molar-refractivity contribution in [1.29, 1.82) is 0 Å². The lowest BCUT2D eigenvalue weighted by Crippen LogP contribution is -2.28. The number of ether oxygens (including phenoxy) is 1. The topological polar surface area (TPSA) is 108 Å². The number of nitro benzene ring substituents is 1. The van der Waals surface area contributed by atoms with Gasteiger partial charge in [-0.1, -0.05) is 29.8 Å². The van der Waals surface area contributed by atoms with Gasteiger partial charge in [-0.3, -0.25) is 14.9 Å². The van der Waals surface area contributed by atoms with Crippen molar-refractivity contribution in [2.24, 2.45) is 5.41 Å². The van der Waals surface area contributed by atoms with E-state index in [0.717, 1.165) is 22.3 Å². The number of halogens is 1. The molecule has 4 aromatic rings. The van der Waals surface area contributed by atoms with Crippen LogP contribution in [-0.2, 0) is 16.0 Å². The van der Waals surface area contributed by atoms with Crippen LogP contribution in [0.3, 0.4) is 0 Å². The van der Waals surface area contributed by atoms with E-state index in [-0.39, 0.29) is 23.4 Å². The van der Waals surface area contributed by atoms with Crippen molar-refractivity contribution < 1.29 is 18.9 Å². The fraction of sp³-hybridized carbons (Fsp3) is 0.233. The Bertz CT molecular complexity index is 1550. The molecule has 0 fully saturated rings. The van der Waals surface area contributed by atoms with Crippen LogP contribution < -0.4 is 0 Å². The van der Waals surface area contributed by atoms with Gasteiger partial charge in [0.25, 0.3) is 5.69 Å². The fourth-order valence-electron chi connectivity index (χ4n) is 4.49.